The highest BCUT2D eigenvalue weighted by Crippen LogP contribution is 2.59. The molecule has 0 aromatic carbocycles. The number of alkyl halides is 9. The fraction of sp³-hybridized carbons (Fsp3) is 0.500. The smallest absolute Gasteiger partial charge is 0.377 e. The van der Waals surface area contributed by atoms with Gasteiger partial charge >= 0.3 is 23.9 Å². The number of amides is 1. The summed E-state index contributed by atoms with van der Waals surface area (Å²) in [5.41, 5.74) is -5.96. The van der Waals surface area contributed by atoms with E-state index in [4.69, 9.17) is 0 Å². The molecule has 13 heteroatoms. The zero-order chi connectivity index (χ0) is 22.9. The van der Waals surface area contributed by atoms with Crippen LogP contribution in [0.2, 0.25) is 0 Å². The van der Waals surface area contributed by atoms with E-state index in [1.54, 1.807) is 0 Å². The molecule has 0 spiro atoms. The average Bonchev–Trinajstić information content (AvgIpc) is 2.64. The highest BCUT2D eigenvalue weighted by Gasteiger charge is 2.86. The summed E-state index contributed by atoms with van der Waals surface area (Å²) in [5.74, 6) is -25.1. The molecular formula is C16H15F9N2O2. The van der Waals surface area contributed by atoms with Gasteiger partial charge in [-0.1, -0.05) is 19.1 Å². The van der Waals surface area contributed by atoms with Gasteiger partial charge in [-0.15, -0.1) is 6.58 Å². The maximum Gasteiger partial charge on any atom is 0.460 e. The van der Waals surface area contributed by atoms with E-state index < -0.39 is 53.6 Å². The Balaban J connectivity index is 3.73. The van der Waals surface area contributed by atoms with Crippen LogP contribution in [0.1, 0.15) is 12.6 Å². The first-order valence-electron chi connectivity index (χ1n) is 7.72. The number of hydrogen-bond acceptors (Lipinski definition) is 3. The summed E-state index contributed by atoms with van der Waals surface area (Å²) in [6.07, 6.45) is -5.36. The zero-order valence-electron chi connectivity index (χ0n) is 14.6. The molecule has 0 unspecified atom stereocenters. The van der Waals surface area contributed by atoms with Gasteiger partial charge in [0.2, 0.25) is 5.91 Å². The maximum absolute atomic E-state index is 14.7. The number of halogens is 9. The summed E-state index contributed by atoms with van der Waals surface area (Å²) in [4.78, 5) is 15.2. The minimum absolute atomic E-state index is 0.401. The van der Waals surface area contributed by atoms with Crippen LogP contribution in [-0.4, -0.2) is 46.5 Å². The Labute approximate surface area is 158 Å². The largest absolute Gasteiger partial charge is 0.460 e. The molecule has 164 valence electrons. The second kappa shape index (κ2) is 7.84. The van der Waals surface area contributed by atoms with E-state index in [1.165, 1.54) is 0 Å². The van der Waals surface area contributed by atoms with Gasteiger partial charge in [0.25, 0.3) is 0 Å². The first-order valence-corrected chi connectivity index (χ1v) is 7.72. The number of carbonyl (C=O) groups excluding carboxylic acids is 1. The molecule has 4 nitrogen and oxygen atoms in total. The summed E-state index contributed by atoms with van der Waals surface area (Å²) in [6, 6.07) is 2.41. The van der Waals surface area contributed by atoms with E-state index in [0.717, 1.165) is 18.2 Å². The van der Waals surface area contributed by atoms with Crippen LogP contribution in [0.25, 0.3) is 0 Å². The fourth-order valence-electron chi connectivity index (χ4n) is 2.37. The lowest BCUT2D eigenvalue weighted by molar-refractivity contribution is -0.422. The zero-order valence-corrected chi connectivity index (χ0v) is 14.6. The number of hydrogen-bond donors (Lipinski definition) is 2. The molecule has 1 aromatic heterocycles. The van der Waals surface area contributed by atoms with Crippen molar-refractivity contribution in [3.63, 3.8) is 0 Å². The SMILES string of the molecule is C=CCNC(=O)[C@@H](C)[C@](O)(c1ccccn1)C(F)(F)C(F)(F)C(F)(F)C(F)(F)F. The Morgan fingerprint density at radius 2 is 1.66 bits per heavy atom. The topological polar surface area (TPSA) is 62.2 Å². The molecule has 0 radical (unpaired) electrons. The third-order valence-corrected chi connectivity index (χ3v) is 4.12. The minimum atomic E-state index is -7.25. The molecule has 0 aliphatic rings. The van der Waals surface area contributed by atoms with Gasteiger partial charge in [-0.25, -0.2) is 0 Å². The van der Waals surface area contributed by atoms with Crippen LogP contribution in [0.15, 0.2) is 37.1 Å². The summed E-state index contributed by atoms with van der Waals surface area (Å²) < 4.78 is 121. The molecule has 1 rings (SSSR count). The van der Waals surface area contributed by atoms with Crippen molar-refractivity contribution < 1.29 is 49.4 Å². The predicted octanol–water partition coefficient (Wildman–Crippen LogP) is 3.68. The summed E-state index contributed by atoms with van der Waals surface area (Å²) >= 11 is 0. The molecule has 2 atom stereocenters. The van der Waals surface area contributed by atoms with Crippen molar-refractivity contribution in [2.24, 2.45) is 5.92 Å². The molecule has 1 aromatic rings. The number of carbonyl (C=O) groups is 1. The van der Waals surface area contributed by atoms with E-state index >= 15 is 0 Å². The summed E-state index contributed by atoms with van der Waals surface area (Å²) in [5, 5.41) is 12.3. The van der Waals surface area contributed by atoms with Crippen LogP contribution >= 0.6 is 0 Å². The Kier molecular flexibility index (Phi) is 6.69. The second-order valence-corrected chi connectivity index (χ2v) is 5.96. The second-order valence-electron chi connectivity index (χ2n) is 5.96. The van der Waals surface area contributed by atoms with Gasteiger partial charge in [0, 0.05) is 12.7 Å². The Morgan fingerprint density at radius 3 is 2.07 bits per heavy atom. The number of nitrogens with zero attached hydrogens (tertiary/aromatic N) is 1. The van der Waals surface area contributed by atoms with Crippen LogP contribution in [0, 0.1) is 5.92 Å². The molecule has 0 saturated heterocycles. The van der Waals surface area contributed by atoms with Crippen LogP contribution in [0.5, 0.6) is 0 Å². The molecule has 2 N–H and O–H groups in total. The van der Waals surface area contributed by atoms with Crippen molar-refractivity contribution in [1.82, 2.24) is 10.3 Å². The summed E-state index contributed by atoms with van der Waals surface area (Å²) in [7, 11) is 0. The van der Waals surface area contributed by atoms with E-state index in [9.17, 15) is 49.4 Å². The van der Waals surface area contributed by atoms with Gasteiger partial charge in [0.15, 0.2) is 5.60 Å². The van der Waals surface area contributed by atoms with Gasteiger partial charge in [-0.05, 0) is 12.1 Å². The number of aromatic nitrogens is 1. The first-order chi connectivity index (χ1) is 13.0. The Morgan fingerprint density at radius 1 is 1.10 bits per heavy atom. The molecule has 1 amide bonds. The Hall–Kier alpha value is -2.31. The normalized spacial score (nSPS) is 16.7. The lowest BCUT2D eigenvalue weighted by Crippen LogP contribution is -2.70. The third kappa shape index (κ3) is 3.79. The number of nitrogens with one attached hydrogen (secondary N) is 1. The van der Waals surface area contributed by atoms with E-state index in [2.05, 4.69) is 11.6 Å². The maximum atomic E-state index is 14.7. The van der Waals surface area contributed by atoms with Crippen molar-refractivity contribution in [2.75, 3.05) is 6.54 Å². The standard InChI is InChI=1S/C16H15F9N2O2/c1-3-7-27-11(28)9(2)12(29,10-6-4-5-8-26-10)13(17,18)14(19,20)15(21,22)16(23,24)25/h3-6,8-9,29H,1,7H2,2H3,(H,27,28)/t9-,12+/m1/s1. The van der Waals surface area contributed by atoms with E-state index in [0.29, 0.717) is 19.2 Å². The van der Waals surface area contributed by atoms with E-state index in [1.807, 2.05) is 5.32 Å². The molecule has 29 heavy (non-hydrogen) atoms. The van der Waals surface area contributed by atoms with Gasteiger partial charge in [-0.2, -0.15) is 39.5 Å². The molecule has 0 fully saturated rings. The third-order valence-electron chi connectivity index (χ3n) is 4.12. The van der Waals surface area contributed by atoms with Crippen molar-refractivity contribution >= 4 is 5.91 Å². The average molecular weight is 438 g/mol. The quantitative estimate of drug-likeness (QED) is 0.481. The monoisotopic (exact) mass is 438 g/mol. The Bertz CT molecular complexity index is 738. The summed E-state index contributed by atoms with van der Waals surface area (Å²) in [6.45, 7) is 3.22. The van der Waals surface area contributed by atoms with Gasteiger partial charge in [-0.3, -0.25) is 9.78 Å². The van der Waals surface area contributed by atoms with Crippen LogP contribution < -0.4 is 5.32 Å². The van der Waals surface area contributed by atoms with E-state index in [-0.39, 0.29) is 0 Å². The lowest BCUT2D eigenvalue weighted by atomic mass is 9.75. The van der Waals surface area contributed by atoms with Gasteiger partial charge in [0.1, 0.15) is 0 Å². The molecule has 0 aliphatic heterocycles. The molecule has 0 bridgehead atoms. The number of aliphatic hydroxyl groups is 1. The minimum Gasteiger partial charge on any atom is -0.377 e. The van der Waals surface area contributed by atoms with Crippen LogP contribution in [0.4, 0.5) is 39.5 Å². The van der Waals surface area contributed by atoms with Crippen molar-refractivity contribution in [1.29, 1.82) is 0 Å². The fourth-order valence-corrected chi connectivity index (χ4v) is 2.37. The highest BCUT2D eigenvalue weighted by molar-refractivity contribution is 5.80. The molecule has 1 heterocycles. The van der Waals surface area contributed by atoms with Crippen molar-refractivity contribution in [2.45, 2.75) is 36.5 Å². The lowest BCUT2D eigenvalue weighted by Gasteiger charge is -2.44. The van der Waals surface area contributed by atoms with Gasteiger partial charge < -0.3 is 10.4 Å². The highest BCUT2D eigenvalue weighted by atomic mass is 19.4. The first kappa shape index (κ1) is 24.7. The van der Waals surface area contributed by atoms with Crippen molar-refractivity contribution in [3.05, 3.63) is 42.7 Å². The van der Waals surface area contributed by atoms with Crippen molar-refractivity contribution in [3.8, 4) is 0 Å². The molecule has 0 saturated carbocycles. The molecular weight excluding hydrogens is 423 g/mol. The van der Waals surface area contributed by atoms with Crippen LogP contribution in [-0.2, 0) is 10.4 Å². The number of pyridine rings is 1. The molecule has 0 aliphatic carbocycles. The van der Waals surface area contributed by atoms with Gasteiger partial charge in [0.05, 0.1) is 11.6 Å². The predicted molar refractivity (Wildman–Crippen MR) is 81.4 cm³/mol. The van der Waals surface area contributed by atoms with Crippen LogP contribution in [0.3, 0.4) is 0 Å². The number of rotatable bonds is 8.